The van der Waals surface area contributed by atoms with Gasteiger partial charge >= 0.3 is 0 Å². The highest BCUT2D eigenvalue weighted by atomic mass is 16.5. The number of benzene rings is 1. The Bertz CT molecular complexity index is 351. The molecule has 0 aliphatic rings. The van der Waals surface area contributed by atoms with E-state index in [2.05, 4.69) is 50.4 Å². The SMILES string of the molecule is CCCCCCCCOc1cccc(C(C)NCC)c1. The lowest BCUT2D eigenvalue weighted by atomic mass is 10.1. The molecule has 1 aromatic carbocycles. The van der Waals surface area contributed by atoms with Crippen LogP contribution < -0.4 is 10.1 Å². The Morgan fingerprint density at radius 3 is 2.55 bits per heavy atom. The lowest BCUT2D eigenvalue weighted by Gasteiger charge is -2.14. The first kappa shape index (κ1) is 17.0. The fourth-order valence-electron chi connectivity index (χ4n) is 2.37. The summed E-state index contributed by atoms with van der Waals surface area (Å²) in [6.45, 7) is 8.41. The van der Waals surface area contributed by atoms with Crippen LogP contribution in [0.25, 0.3) is 0 Å². The molecule has 2 heteroatoms. The third-order valence-electron chi connectivity index (χ3n) is 3.64. The minimum Gasteiger partial charge on any atom is -0.494 e. The molecule has 1 rings (SSSR count). The smallest absolute Gasteiger partial charge is 0.119 e. The molecule has 0 spiro atoms. The maximum atomic E-state index is 5.85. The normalized spacial score (nSPS) is 12.3. The third-order valence-corrected chi connectivity index (χ3v) is 3.64. The Morgan fingerprint density at radius 2 is 1.80 bits per heavy atom. The average Bonchev–Trinajstić information content (AvgIpc) is 2.47. The van der Waals surface area contributed by atoms with Crippen molar-refractivity contribution >= 4 is 0 Å². The molecule has 1 unspecified atom stereocenters. The molecule has 0 aliphatic carbocycles. The molecule has 0 amide bonds. The van der Waals surface area contributed by atoms with Gasteiger partial charge in [0.15, 0.2) is 0 Å². The van der Waals surface area contributed by atoms with E-state index < -0.39 is 0 Å². The van der Waals surface area contributed by atoms with Crippen molar-refractivity contribution in [3.63, 3.8) is 0 Å². The minimum absolute atomic E-state index is 0.387. The Balaban J connectivity index is 2.25. The van der Waals surface area contributed by atoms with E-state index in [9.17, 15) is 0 Å². The van der Waals surface area contributed by atoms with Crippen LogP contribution in [0.3, 0.4) is 0 Å². The highest BCUT2D eigenvalue weighted by Gasteiger charge is 2.04. The van der Waals surface area contributed by atoms with Crippen molar-refractivity contribution in [2.45, 2.75) is 65.3 Å². The van der Waals surface area contributed by atoms with Crippen LogP contribution >= 0.6 is 0 Å². The summed E-state index contributed by atoms with van der Waals surface area (Å²) in [7, 11) is 0. The lowest BCUT2D eigenvalue weighted by Crippen LogP contribution is -2.17. The van der Waals surface area contributed by atoms with Crippen molar-refractivity contribution < 1.29 is 4.74 Å². The van der Waals surface area contributed by atoms with E-state index >= 15 is 0 Å². The van der Waals surface area contributed by atoms with E-state index in [4.69, 9.17) is 4.74 Å². The predicted molar refractivity (Wildman–Crippen MR) is 87.4 cm³/mol. The van der Waals surface area contributed by atoms with E-state index in [-0.39, 0.29) is 0 Å². The maximum absolute atomic E-state index is 5.85. The van der Waals surface area contributed by atoms with Crippen LogP contribution in [0.4, 0.5) is 0 Å². The third kappa shape index (κ3) is 6.95. The zero-order chi connectivity index (χ0) is 14.6. The van der Waals surface area contributed by atoms with Crippen LogP contribution in [0.15, 0.2) is 24.3 Å². The summed E-state index contributed by atoms with van der Waals surface area (Å²) in [5, 5.41) is 3.43. The van der Waals surface area contributed by atoms with Gasteiger partial charge in [0, 0.05) is 6.04 Å². The van der Waals surface area contributed by atoms with Gasteiger partial charge < -0.3 is 10.1 Å². The van der Waals surface area contributed by atoms with E-state index in [0.29, 0.717) is 6.04 Å². The molecule has 0 radical (unpaired) electrons. The second-order valence-electron chi connectivity index (χ2n) is 5.47. The van der Waals surface area contributed by atoms with Crippen LogP contribution in [0.5, 0.6) is 5.75 Å². The van der Waals surface area contributed by atoms with Crippen molar-refractivity contribution in [2.75, 3.05) is 13.2 Å². The molecular formula is C18H31NO. The second kappa shape index (κ2) is 10.7. The Kier molecular flexibility index (Phi) is 9.14. The van der Waals surface area contributed by atoms with Crippen LogP contribution in [-0.2, 0) is 0 Å². The van der Waals surface area contributed by atoms with Gasteiger partial charge in [0.25, 0.3) is 0 Å². The van der Waals surface area contributed by atoms with Crippen molar-refractivity contribution in [1.29, 1.82) is 0 Å². The zero-order valence-corrected chi connectivity index (χ0v) is 13.5. The van der Waals surface area contributed by atoms with Gasteiger partial charge in [-0.3, -0.25) is 0 Å². The van der Waals surface area contributed by atoms with E-state index in [1.165, 1.54) is 37.7 Å². The molecule has 0 fully saturated rings. The van der Waals surface area contributed by atoms with Gasteiger partial charge in [-0.2, -0.15) is 0 Å². The minimum atomic E-state index is 0.387. The Hall–Kier alpha value is -1.02. The summed E-state index contributed by atoms with van der Waals surface area (Å²) in [5.74, 6) is 1.00. The lowest BCUT2D eigenvalue weighted by molar-refractivity contribution is 0.304. The molecule has 1 N–H and O–H groups in total. The van der Waals surface area contributed by atoms with E-state index in [1.807, 2.05) is 0 Å². The summed E-state index contributed by atoms with van der Waals surface area (Å²) in [6, 6.07) is 8.84. The first-order valence-electron chi connectivity index (χ1n) is 8.24. The van der Waals surface area contributed by atoms with Gasteiger partial charge in [0.05, 0.1) is 6.61 Å². The van der Waals surface area contributed by atoms with Gasteiger partial charge in [-0.1, -0.05) is 58.1 Å². The molecule has 20 heavy (non-hydrogen) atoms. The van der Waals surface area contributed by atoms with Gasteiger partial charge in [0.2, 0.25) is 0 Å². The van der Waals surface area contributed by atoms with Crippen molar-refractivity contribution in [1.82, 2.24) is 5.32 Å². The highest BCUT2D eigenvalue weighted by Crippen LogP contribution is 2.19. The number of ether oxygens (including phenoxy) is 1. The van der Waals surface area contributed by atoms with E-state index in [1.54, 1.807) is 0 Å². The van der Waals surface area contributed by atoms with Crippen LogP contribution in [0.1, 0.15) is 70.9 Å². The summed E-state index contributed by atoms with van der Waals surface area (Å²) < 4.78 is 5.85. The first-order valence-corrected chi connectivity index (χ1v) is 8.24. The first-order chi connectivity index (χ1) is 9.77. The van der Waals surface area contributed by atoms with Gasteiger partial charge in [0.1, 0.15) is 5.75 Å². The highest BCUT2D eigenvalue weighted by molar-refractivity contribution is 5.30. The van der Waals surface area contributed by atoms with Crippen LogP contribution in [0, 0.1) is 0 Å². The fourth-order valence-corrected chi connectivity index (χ4v) is 2.37. The van der Waals surface area contributed by atoms with E-state index in [0.717, 1.165) is 25.3 Å². The topological polar surface area (TPSA) is 21.3 Å². The molecule has 2 nitrogen and oxygen atoms in total. The molecule has 0 aliphatic heterocycles. The number of unbranched alkanes of at least 4 members (excludes halogenated alkanes) is 5. The molecule has 1 aromatic rings. The van der Waals surface area contributed by atoms with Crippen molar-refractivity contribution in [3.05, 3.63) is 29.8 Å². The Morgan fingerprint density at radius 1 is 1.05 bits per heavy atom. The summed E-state index contributed by atoms with van der Waals surface area (Å²) in [6.07, 6.45) is 7.84. The van der Waals surface area contributed by atoms with Gasteiger partial charge in [-0.25, -0.2) is 0 Å². The van der Waals surface area contributed by atoms with Crippen LogP contribution in [0.2, 0.25) is 0 Å². The standard InChI is InChI=1S/C18H31NO/c1-4-6-7-8-9-10-14-20-18-13-11-12-17(15-18)16(3)19-5-2/h11-13,15-16,19H,4-10,14H2,1-3H3. The molecule has 0 saturated carbocycles. The molecule has 0 bridgehead atoms. The second-order valence-corrected chi connectivity index (χ2v) is 5.47. The molecule has 0 saturated heterocycles. The number of rotatable bonds is 11. The average molecular weight is 277 g/mol. The number of nitrogens with one attached hydrogen (secondary N) is 1. The summed E-state index contributed by atoms with van der Waals surface area (Å²) in [4.78, 5) is 0. The van der Waals surface area contributed by atoms with Crippen molar-refractivity contribution in [3.8, 4) is 5.75 Å². The molecule has 0 heterocycles. The summed E-state index contributed by atoms with van der Waals surface area (Å²) >= 11 is 0. The molecule has 114 valence electrons. The monoisotopic (exact) mass is 277 g/mol. The largest absolute Gasteiger partial charge is 0.494 e. The Labute approximate surface area is 124 Å². The molecule has 1 atom stereocenters. The predicted octanol–water partition coefficient (Wildman–Crippen LogP) is 5.10. The van der Waals surface area contributed by atoms with Crippen molar-refractivity contribution in [2.24, 2.45) is 0 Å². The van der Waals surface area contributed by atoms with Gasteiger partial charge in [-0.05, 0) is 37.6 Å². The zero-order valence-electron chi connectivity index (χ0n) is 13.5. The number of hydrogen-bond donors (Lipinski definition) is 1. The molecular weight excluding hydrogens is 246 g/mol. The quantitative estimate of drug-likeness (QED) is 0.568. The number of hydrogen-bond acceptors (Lipinski definition) is 2. The molecule has 0 aromatic heterocycles. The van der Waals surface area contributed by atoms with Gasteiger partial charge in [-0.15, -0.1) is 0 Å². The summed E-state index contributed by atoms with van der Waals surface area (Å²) in [5.41, 5.74) is 1.30. The maximum Gasteiger partial charge on any atom is 0.119 e. The van der Waals surface area contributed by atoms with Crippen LogP contribution in [-0.4, -0.2) is 13.2 Å². The fraction of sp³-hybridized carbons (Fsp3) is 0.667.